The van der Waals surface area contributed by atoms with Gasteiger partial charge in [0.25, 0.3) is 5.91 Å². The van der Waals surface area contributed by atoms with Gasteiger partial charge < -0.3 is 4.74 Å². The second kappa shape index (κ2) is 12.9. The highest BCUT2D eigenvalue weighted by Gasteiger charge is 2.12. The number of nitriles is 1. The Morgan fingerprint density at radius 2 is 1.91 bits per heavy atom. The van der Waals surface area contributed by atoms with Gasteiger partial charge in [0.05, 0.1) is 6.61 Å². The van der Waals surface area contributed by atoms with Crippen LogP contribution in [0.15, 0.2) is 64.8 Å². The van der Waals surface area contributed by atoms with Gasteiger partial charge in [0, 0.05) is 22.0 Å². The Balaban J connectivity index is 1.56. The SMILES string of the molecule is CCCCCCOc1ccc(C=C(C#N)C(=O)Nc2ncc(Cc3ccc(Br)cc3)s2)cc1. The smallest absolute Gasteiger partial charge is 0.268 e. The average molecular weight is 524 g/mol. The van der Waals surface area contributed by atoms with Crippen LogP contribution in [0.4, 0.5) is 5.13 Å². The fourth-order valence-corrected chi connectivity index (χ4v) is 4.22. The van der Waals surface area contributed by atoms with Crippen LogP contribution in [0, 0.1) is 11.3 Å². The van der Waals surface area contributed by atoms with E-state index in [2.05, 4.69) is 33.2 Å². The molecule has 0 spiro atoms. The van der Waals surface area contributed by atoms with Crippen molar-refractivity contribution in [1.82, 2.24) is 4.98 Å². The van der Waals surface area contributed by atoms with E-state index in [4.69, 9.17) is 4.74 Å². The van der Waals surface area contributed by atoms with Gasteiger partial charge in [-0.2, -0.15) is 5.26 Å². The van der Waals surface area contributed by atoms with Gasteiger partial charge in [-0.25, -0.2) is 4.98 Å². The fourth-order valence-electron chi connectivity index (χ4n) is 3.11. The Hall–Kier alpha value is -2.95. The lowest BCUT2D eigenvalue weighted by atomic mass is 10.1. The number of nitrogens with zero attached hydrogens (tertiary/aromatic N) is 2. The van der Waals surface area contributed by atoms with Crippen molar-refractivity contribution in [3.8, 4) is 11.8 Å². The van der Waals surface area contributed by atoms with E-state index < -0.39 is 5.91 Å². The summed E-state index contributed by atoms with van der Waals surface area (Å²) in [4.78, 5) is 17.9. The van der Waals surface area contributed by atoms with E-state index in [1.807, 2.05) is 54.6 Å². The van der Waals surface area contributed by atoms with E-state index in [0.717, 1.165) is 39.1 Å². The predicted octanol–water partition coefficient (Wildman–Crippen LogP) is 7.00. The lowest BCUT2D eigenvalue weighted by Gasteiger charge is -2.06. The number of ether oxygens (including phenoxy) is 1. The summed E-state index contributed by atoms with van der Waals surface area (Å²) in [7, 11) is 0. The monoisotopic (exact) mass is 523 g/mol. The Morgan fingerprint density at radius 3 is 2.61 bits per heavy atom. The number of unbranched alkanes of at least 4 members (excludes halogenated alkanes) is 3. The number of hydrogen-bond donors (Lipinski definition) is 1. The highest BCUT2D eigenvalue weighted by Crippen LogP contribution is 2.23. The number of hydrogen-bond acceptors (Lipinski definition) is 5. The molecule has 0 atom stereocenters. The zero-order valence-electron chi connectivity index (χ0n) is 18.5. The summed E-state index contributed by atoms with van der Waals surface area (Å²) in [6.07, 6.45) is 8.67. The molecule has 0 fully saturated rings. The molecule has 0 aliphatic carbocycles. The Morgan fingerprint density at radius 1 is 1.15 bits per heavy atom. The van der Waals surface area contributed by atoms with Crippen molar-refractivity contribution < 1.29 is 9.53 Å². The van der Waals surface area contributed by atoms with Crippen LogP contribution in [0.25, 0.3) is 6.08 Å². The van der Waals surface area contributed by atoms with Crippen molar-refractivity contribution in [2.45, 2.75) is 39.0 Å². The standard InChI is InChI=1S/C26H26BrN3O2S/c1-2-3-4-5-14-32-23-12-8-19(9-13-23)15-21(17-28)25(31)30-26-29-18-24(33-26)16-20-6-10-22(27)11-7-20/h6-13,15,18H,2-5,14,16H2,1H3,(H,29,30,31). The van der Waals surface area contributed by atoms with Crippen LogP contribution in [0.1, 0.15) is 48.6 Å². The lowest BCUT2D eigenvalue weighted by Crippen LogP contribution is -2.13. The molecule has 0 saturated heterocycles. The van der Waals surface area contributed by atoms with Gasteiger partial charge in [-0.1, -0.05) is 66.4 Å². The first kappa shape index (κ1) is 24.7. The normalized spacial score (nSPS) is 11.1. The quantitative estimate of drug-likeness (QED) is 0.167. The second-order valence-corrected chi connectivity index (χ2v) is 9.57. The highest BCUT2D eigenvalue weighted by atomic mass is 79.9. The molecule has 1 heterocycles. The first-order valence-corrected chi connectivity index (χ1v) is 12.5. The maximum absolute atomic E-state index is 12.6. The molecule has 0 unspecified atom stereocenters. The molecule has 0 aliphatic rings. The van der Waals surface area contributed by atoms with Crippen LogP contribution in [0.3, 0.4) is 0 Å². The summed E-state index contributed by atoms with van der Waals surface area (Å²) in [5.74, 6) is 0.311. The van der Waals surface area contributed by atoms with E-state index in [9.17, 15) is 10.1 Å². The highest BCUT2D eigenvalue weighted by molar-refractivity contribution is 9.10. The largest absolute Gasteiger partial charge is 0.494 e. The van der Waals surface area contributed by atoms with Gasteiger partial charge in [-0.05, 0) is 47.9 Å². The average Bonchev–Trinajstić information content (AvgIpc) is 3.26. The summed E-state index contributed by atoms with van der Waals surface area (Å²) < 4.78 is 6.77. The van der Waals surface area contributed by atoms with Crippen LogP contribution in [0.2, 0.25) is 0 Å². The lowest BCUT2D eigenvalue weighted by molar-refractivity contribution is -0.112. The molecule has 0 radical (unpaired) electrons. The molecule has 33 heavy (non-hydrogen) atoms. The third-order valence-corrected chi connectivity index (χ3v) is 6.33. The van der Waals surface area contributed by atoms with E-state index in [1.54, 1.807) is 12.3 Å². The third-order valence-electron chi connectivity index (χ3n) is 4.89. The van der Waals surface area contributed by atoms with Gasteiger partial charge >= 0.3 is 0 Å². The minimum atomic E-state index is -0.474. The molecule has 1 aromatic heterocycles. The van der Waals surface area contributed by atoms with Crippen LogP contribution in [-0.2, 0) is 11.2 Å². The van der Waals surface area contributed by atoms with Crippen molar-refractivity contribution in [1.29, 1.82) is 5.26 Å². The third kappa shape index (κ3) is 8.16. The van der Waals surface area contributed by atoms with Crippen LogP contribution in [-0.4, -0.2) is 17.5 Å². The maximum atomic E-state index is 12.6. The first-order chi connectivity index (χ1) is 16.1. The van der Waals surface area contributed by atoms with Gasteiger partial charge in [0.2, 0.25) is 0 Å². The summed E-state index contributed by atoms with van der Waals surface area (Å²) >= 11 is 4.83. The molecular weight excluding hydrogens is 498 g/mol. The van der Waals surface area contributed by atoms with Gasteiger partial charge in [-0.3, -0.25) is 10.1 Å². The number of nitrogens with one attached hydrogen (secondary N) is 1. The second-order valence-electron chi connectivity index (χ2n) is 7.54. The van der Waals surface area contributed by atoms with E-state index in [1.165, 1.54) is 30.6 Å². The zero-order valence-corrected chi connectivity index (χ0v) is 20.9. The summed E-state index contributed by atoms with van der Waals surface area (Å²) in [5, 5.41) is 12.7. The Bertz CT molecular complexity index is 1120. The van der Waals surface area contributed by atoms with Crippen LogP contribution >= 0.6 is 27.3 Å². The van der Waals surface area contributed by atoms with E-state index in [0.29, 0.717) is 11.7 Å². The molecule has 170 valence electrons. The van der Waals surface area contributed by atoms with Crippen molar-refractivity contribution in [2.24, 2.45) is 0 Å². The van der Waals surface area contributed by atoms with Crippen molar-refractivity contribution in [2.75, 3.05) is 11.9 Å². The number of carbonyl (C=O) groups is 1. The van der Waals surface area contributed by atoms with Crippen LogP contribution < -0.4 is 10.1 Å². The number of benzene rings is 2. The molecule has 5 nitrogen and oxygen atoms in total. The van der Waals surface area contributed by atoms with E-state index >= 15 is 0 Å². The molecular formula is C26H26BrN3O2S. The molecule has 1 amide bonds. The summed E-state index contributed by atoms with van der Waals surface area (Å²) in [6, 6.07) is 17.4. The summed E-state index contributed by atoms with van der Waals surface area (Å²) in [6.45, 7) is 2.88. The number of rotatable bonds is 11. The predicted molar refractivity (Wildman–Crippen MR) is 137 cm³/mol. The number of aromatic nitrogens is 1. The van der Waals surface area contributed by atoms with Crippen molar-refractivity contribution in [3.05, 3.63) is 80.8 Å². The number of amides is 1. The maximum Gasteiger partial charge on any atom is 0.268 e. The number of halogens is 1. The van der Waals surface area contributed by atoms with Gasteiger partial charge in [0.1, 0.15) is 17.4 Å². The zero-order chi connectivity index (χ0) is 23.5. The topological polar surface area (TPSA) is 75.0 Å². The number of anilines is 1. The molecule has 3 aromatic rings. The minimum absolute atomic E-state index is 0.0212. The first-order valence-electron chi connectivity index (χ1n) is 10.9. The number of thiazole rings is 1. The molecule has 2 aromatic carbocycles. The van der Waals surface area contributed by atoms with Crippen molar-refractivity contribution in [3.63, 3.8) is 0 Å². The molecule has 0 saturated carbocycles. The Kier molecular flexibility index (Phi) is 9.67. The van der Waals surface area contributed by atoms with Crippen LogP contribution in [0.5, 0.6) is 5.75 Å². The van der Waals surface area contributed by atoms with Gasteiger partial charge in [0.15, 0.2) is 5.13 Å². The van der Waals surface area contributed by atoms with Gasteiger partial charge in [-0.15, -0.1) is 11.3 Å². The molecule has 0 bridgehead atoms. The molecule has 1 N–H and O–H groups in total. The molecule has 0 aliphatic heterocycles. The van der Waals surface area contributed by atoms with Crippen molar-refractivity contribution >= 4 is 44.4 Å². The number of carbonyl (C=O) groups excluding carboxylic acids is 1. The Labute approximate surface area is 207 Å². The minimum Gasteiger partial charge on any atom is -0.494 e. The summed E-state index contributed by atoms with van der Waals surface area (Å²) in [5.41, 5.74) is 1.94. The molecule has 3 rings (SSSR count). The van der Waals surface area contributed by atoms with E-state index in [-0.39, 0.29) is 5.57 Å². The molecule has 7 heteroatoms. The fraction of sp³-hybridized carbons (Fsp3) is 0.269.